The van der Waals surface area contributed by atoms with Crippen LogP contribution >= 0.6 is 27.7 Å². The fourth-order valence-corrected chi connectivity index (χ4v) is 2.73. The van der Waals surface area contributed by atoms with E-state index in [2.05, 4.69) is 31.8 Å². The fraction of sp³-hybridized carbons (Fsp3) is 0.273. The molecule has 2 rings (SSSR count). The number of hydrogen-bond acceptors (Lipinski definition) is 4. The molecule has 1 aliphatic heterocycles. The third-order valence-electron chi connectivity index (χ3n) is 2.21. The Hall–Kier alpha value is -1.01. The number of amides is 1. The van der Waals surface area contributed by atoms with E-state index in [1.807, 2.05) is 18.2 Å². The molecule has 90 valence electrons. The van der Waals surface area contributed by atoms with Crippen molar-refractivity contribution in [3.05, 3.63) is 35.9 Å². The van der Waals surface area contributed by atoms with Gasteiger partial charge in [-0.15, -0.1) is 0 Å². The maximum Gasteiger partial charge on any atom is 0.269 e. The Kier molecular flexibility index (Phi) is 4.44. The molecule has 4 nitrogen and oxygen atoms in total. The summed E-state index contributed by atoms with van der Waals surface area (Å²) in [6, 6.07) is 9.07. The first-order valence-corrected chi connectivity index (χ1v) is 7.18. The molecule has 1 amide bonds. The molecule has 0 bridgehead atoms. The lowest BCUT2D eigenvalue weighted by molar-refractivity contribution is 0.0944. The van der Waals surface area contributed by atoms with E-state index in [0.29, 0.717) is 10.8 Å². The Labute approximate surface area is 112 Å². The van der Waals surface area contributed by atoms with E-state index in [0.717, 1.165) is 17.0 Å². The minimum atomic E-state index is -0.156. The van der Waals surface area contributed by atoms with Crippen LogP contribution in [0.4, 0.5) is 0 Å². The molecule has 0 aliphatic carbocycles. The van der Waals surface area contributed by atoms with Crippen molar-refractivity contribution in [2.75, 3.05) is 11.9 Å². The third-order valence-corrected chi connectivity index (χ3v) is 4.52. The Balaban J connectivity index is 1.82. The van der Waals surface area contributed by atoms with E-state index in [1.165, 1.54) is 0 Å². The summed E-state index contributed by atoms with van der Waals surface area (Å²) in [5.41, 5.74) is 6.09. The van der Waals surface area contributed by atoms with Crippen molar-refractivity contribution in [3.8, 4) is 0 Å². The smallest absolute Gasteiger partial charge is 0.269 e. The summed E-state index contributed by atoms with van der Waals surface area (Å²) in [6.45, 7) is 0.777. The summed E-state index contributed by atoms with van der Waals surface area (Å²) in [6.07, 6.45) is 0. The summed E-state index contributed by atoms with van der Waals surface area (Å²) >= 11 is 5.04. The zero-order valence-electron chi connectivity index (χ0n) is 9.02. The van der Waals surface area contributed by atoms with Crippen LogP contribution in [0.1, 0.15) is 10.4 Å². The van der Waals surface area contributed by atoms with Crippen molar-refractivity contribution >= 4 is 38.8 Å². The molecular weight excluding hydrogens is 302 g/mol. The molecule has 17 heavy (non-hydrogen) atoms. The number of halogens is 1. The van der Waals surface area contributed by atoms with Crippen LogP contribution in [0, 0.1) is 0 Å². The average Bonchev–Trinajstić information content (AvgIpc) is 2.85. The minimum Gasteiger partial charge on any atom is -0.276 e. The maximum absolute atomic E-state index is 11.7. The fourth-order valence-electron chi connectivity index (χ4n) is 1.34. The summed E-state index contributed by atoms with van der Waals surface area (Å²) in [7, 11) is 0. The van der Waals surface area contributed by atoms with Crippen molar-refractivity contribution in [2.45, 2.75) is 5.25 Å². The number of aliphatic imine (C=N–C) groups is 1. The lowest BCUT2D eigenvalue weighted by atomic mass is 10.2. The molecule has 0 spiro atoms. The number of carbonyl (C=O) groups is 1. The molecule has 2 N–H and O–H groups in total. The van der Waals surface area contributed by atoms with Gasteiger partial charge in [-0.1, -0.05) is 45.9 Å². The molecule has 0 fully saturated rings. The Bertz CT molecular complexity index is 424. The van der Waals surface area contributed by atoms with E-state index < -0.39 is 0 Å². The number of hydrazine groups is 1. The molecule has 1 aliphatic rings. The molecule has 1 aromatic rings. The van der Waals surface area contributed by atoms with Crippen LogP contribution in [0.25, 0.3) is 0 Å². The van der Waals surface area contributed by atoms with Crippen LogP contribution in [0.3, 0.4) is 0 Å². The van der Waals surface area contributed by atoms with Gasteiger partial charge in [0, 0.05) is 16.1 Å². The topological polar surface area (TPSA) is 53.5 Å². The predicted octanol–water partition coefficient (Wildman–Crippen LogP) is 1.79. The van der Waals surface area contributed by atoms with Crippen LogP contribution in [0.5, 0.6) is 0 Å². The zero-order chi connectivity index (χ0) is 12.1. The molecular formula is C11H12BrN3OS. The SMILES string of the molecule is O=C(NNC1=NC[C@@H](CBr)S1)c1ccccc1. The van der Waals surface area contributed by atoms with Crippen LogP contribution in [-0.2, 0) is 0 Å². The van der Waals surface area contributed by atoms with Gasteiger partial charge in [0.25, 0.3) is 5.91 Å². The molecule has 6 heteroatoms. The summed E-state index contributed by atoms with van der Waals surface area (Å²) in [5.74, 6) is -0.156. The number of nitrogens with zero attached hydrogens (tertiary/aromatic N) is 1. The molecule has 0 unspecified atom stereocenters. The number of thioether (sulfide) groups is 1. The first-order chi connectivity index (χ1) is 8.29. The van der Waals surface area contributed by atoms with Crippen LogP contribution in [-0.4, -0.2) is 28.2 Å². The van der Waals surface area contributed by atoms with Crippen molar-refractivity contribution in [1.29, 1.82) is 0 Å². The number of hydrogen-bond donors (Lipinski definition) is 2. The molecule has 0 radical (unpaired) electrons. The standard InChI is InChI=1S/C11H12BrN3OS/c12-6-9-7-13-11(17-9)15-14-10(16)8-4-2-1-3-5-8/h1-5,9H,6-7H2,(H,13,15)(H,14,16)/t9-/m1/s1. The lowest BCUT2D eigenvalue weighted by Crippen LogP contribution is -2.40. The largest absolute Gasteiger partial charge is 0.276 e. The van der Waals surface area contributed by atoms with Crippen molar-refractivity contribution in [3.63, 3.8) is 0 Å². The third kappa shape index (κ3) is 3.47. The van der Waals surface area contributed by atoms with E-state index >= 15 is 0 Å². The summed E-state index contributed by atoms with van der Waals surface area (Å²) < 4.78 is 0. The van der Waals surface area contributed by atoms with Crippen molar-refractivity contribution in [2.24, 2.45) is 4.99 Å². The number of amidine groups is 1. The number of rotatable bonds is 2. The van der Waals surface area contributed by atoms with Crippen molar-refractivity contribution < 1.29 is 4.79 Å². The second-order valence-corrected chi connectivity index (χ2v) is 5.42. The number of nitrogens with one attached hydrogen (secondary N) is 2. The Morgan fingerprint density at radius 1 is 1.47 bits per heavy atom. The molecule has 1 aromatic carbocycles. The van der Waals surface area contributed by atoms with E-state index in [9.17, 15) is 4.79 Å². The average molecular weight is 314 g/mol. The second kappa shape index (κ2) is 6.07. The van der Waals surface area contributed by atoms with Crippen molar-refractivity contribution in [1.82, 2.24) is 10.9 Å². The predicted molar refractivity (Wildman–Crippen MR) is 74.5 cm³/mol. The first-order valence-electron chi connectivity index (χ1n) is 5.18. The normalized spacial score (nSPS) is 18.6. The van der Waals surface area contributed by atoms with Gasteiger partial charge in [-0.3, -0.25) is 20.6 Å². The molecule has 0 saturated heterocycles. The minimum absolute atomic E-state index is 0.156. The van der Waals surface area contributed by atoms with Gasteiger partial charge >= 0.3 is 0 Å². The second-order valence-electron chi connectivity index (χ2n) is 3.49. The highest BCUT2D eigenvalue weighted by Gasteiger charge is 2.18. The Morgan fingerprint density at radius 2 is 2.24 bits per heavy atom. The zero-order valence-corrected chi connectivity index (χ0v) is 11.4. The maximum atomic E-state index is 11.7. The quantitative estimate of drug-likeness (QED) is 0.646. The van der Waals surface area contributed by atoms with Gasteiger partial charge in [-0.05, 0) is 12.1 Å². The van der Waals surface area contributed by atoms with E-state index in [1.54, 1.807) is 23.9 Å². The number of carbonyl (C=O) groups excluding carboxylic acids is 1. The van der Waals surface area contributed by atoms with Crippen LogP contribution < -0.4 is 10.9 Å². The molecule has 0 saturated carbocycles. The first kappa shape index (κ1) is 12.4. The van der Waals surface area contributed by atoms with Gasteiger partial charge in [-0.2, -0.15) is 0 Å². The van der Waals surface area contributed by atoms with E-state index in [-0.39, 0.29) is 5.91 Å². The highest BCUT2D eigenvalue weighted by molar-refractivity contribution is 9.09. The molecule has 0 aromatic heterocycles. The van der Waals surface area contributed by atoms with Crippen LogP contribution in [0.15, 0.2) is 35.3 Å². The summed E-state index contributed by atoms with van der Waals surface area (Å²) in [4.78, 5) is 16.0. The van der Waals surface area contributed by atoms with Crippen LogP contribution in [0.2, 0.25) is 0 Å². The number of benzene rings is 1. The Morgan fingerprint density at radius 3 is 2.88 bits per heavy atom. The lowest BCUT2D eigenvalue weighted by Gasteiger charge is -2.08. The summed E-state index contributed by atoms with van der Waals surface area (Å²) in [5, 5.41) is 2.11. The highest BCUT2D eigenvalue weighted by atomic mass is 79.9. The number of alkyl halides is 1. The van der Waals surface area contributed by atoms with E-state index in [4.69, 9.17) is 0 Å². The molecule has 1 heterocycles. The monoisotopic (exact) mass is 313 g/mol. The van der Waals surface area contributed by atoms with Gasteiger partial charge in [0.05, 0.1) is 6.54 Å². The van der Waals surface area contributed by atoms with Gasteiger partial charge in [-0.25, -0.2) is 0 Å². The highest BCUT2D eigenvalue weighted by Crippen LogP contribution is 2.20. The molecule has 1 atom stereocenters. The van der Waals surface area contributed by atoms with Gasteiger partial charge in [0.2, 0.25) is 0 Å². The van der Waals surface area contributed by atoms with Gasteiger partial charge in [0.1, 0.15) is 0 Å². The van der Waals surface area contributed by atoms with Gasteiger partial charge in [0.15, 0.2) is 5.17 Å². The van der Waals surface area contributed by atoms with Gasteiger partial charge < -0.3 is 0 Å².